The third kappa shape index (κ3) is 5.32. The lowest BCUT2D eigenvalue weighted by molar-refractivity contribution is -0.149. The predicted molar refractivity (Wildman–Crippen MR) is 158 cm³/mol. The van der Waals surface area contributed by atoms with Gasteiger partial charge in [0.2, 0.25) is 5.91 Å². The second kappa shape index (κ2) is 11.3. The second-order valence-electron chi connectivity index (χ2n) is 10.2. The van der Waals surface area contributed by atoms with E-state index in [0.29, 0.717) is 19.8 Å². The molecule has 0 saturated carbocycles. The molecule has 8 heteroatoms. The molecule has 0 spiro atoms. The number of hydrogen-bond donors (Lipinski definition) is 2. The van der Waals surface area contributed by atoms with Crippen LogP contribution in [-0.4, -0.2) is 54.4 Å². The third-order valence-corrected chi connectivity index (χ3v) is 8.89. The zero-order valence-electron chi connectivity index (χ0n) is 22.3. The van der Waals surface area contributed by atoms with Gasteiger partial charge in [0.05, 0.1) is 42.6 Å². The van der Waals surface area contributed by atoms with Gasteiger partial charge in [-0.05, 0) is 66.9 Å². The molecule has 1 saturated heterocycles. The average molecular weight is 540 g/mol. The van der Waals surface area contributed by atoms with E-state index in [4.69, 9.17) is 4.74 Å². The van der Waals surface area contributed by atoms with Crippen molar-refractivity contribution >= 4 is 39.4 Å². The third-order valence-electron chi connectivity index (χ3n) is 7.59. The number of ether oxygens (including phenoxy) is 1. The number of hydrogen-bond acceptors (Lipinski definition) is 7. The highest BCUT2D eigenvalue weighted by Crippen LogP contribution is 2.36. The first kappa shape index (κ1) is 25.7. The van der Waals surface area contributed by atoms with Crippen LogP contribution in [0.2, 0.25) is 0 Å². The SMILES string of the molecule is CNCc1ccccc1-c1ccc([C@@H](C)Nc2cnnc3ccc(C4=CCN(C(=O)C5COC5)CC4)cc23)s1. The number of aromatic nitrogens is 2. The monoisotopic (exact) mass is 539 g/mol. The maximum absolute atomic E-state index is 12.6. The van der Waals surface area contributed by atoms with Crippen molar-refractivity contribution in [3.05, 3.63) is 82.9 Å². The molecule has 1 amide bonds. The van der Waals surface area contributed by atoms with Crippen LogP contribution in [0.5, 0.6) is 0 Å². The van der Waals surface area contributed by atoms with E-state index >= 15 is 0 Å². The van der Waals surface area contributed by atoms with E-state index in [9.17, 15) is 4.79 Å². The van der Waals surface area contributed by atoms with Gasteiger partial charge in [-0.2, -0.15) is 10.2 Å². The summed E-state index contributed by atoms with van der Waals surface area (Å²) < 4.78 is 5.20. The number of rotatable bonds is 8. The first-order chi connectivity index (χ1) is 19.1. The Bertz CT molecular complexity index is 1530. The van der Waals surface area contributed by atoms with Crippen LogP contribution in [0.15, 0.2) is 66.9 Å². The predicted octanol–water partition coefficient (Wildman–Crippen LogP) is 5.51. The molecule has 0 aliphatic carbocycles. The van der Waals surface area contributed by atoms with E-state index in [1.54, 1.807) is 0 Å². The Balaban J connectivity index is 1.21. The van der Waals surface area contributed by atoms with Gasteiger partial charge in [-0.1, -0.05) is 36.4 Å². The van der Waals surface area contributed by atoms with E-state index in [2.05, 4.69) is 82.4 Å². The quantitative estimate of drug-likeness (QED) is 0.307. The maximum Gasteiger partial charge on any atom is 0.230 e. The summed E-state index contributed by atoms with van der Waals surface area (Å²) in [6, 6.07) is 19.5. The summed E-state index contributed by atoms with van der Waals surface area (Å²) in [5, 5.41) is 16.7. The van der Waals surface area contributed by atoms with Crippen LogP contribution in [0.3, 0.4) is 0 Å². The van der Waals surface area contributed by atoms with Crippen molar-refractivity contribution in [1.29, 1.82) is 0 Å². The van der Waals surface area contributed by atoms with Crippen LogP contribution in [0, 0.1) is 5.92 Å². The number of anilines is 1. The number of nitrogens with zero attached hydrogens (tertiary/aromatic N) is 3. The standard InChI is InChI=1S/C31H33N5O2S/c1-20(29-9-10-30(39-29)25-6-4-3-5-23(25)16-32-2)34-28-17-33-35-27-8-7-22(15-26(27)28)21-11-13-36(14-12-21)31(37)24-18-38-19-24/h3-11,15,17,20,24,32H,12-14,16,18-19H2,1-2H3,(H,34,35)/t20-/m1/s1. The molecule has 0 radical (unpaired) electrons. The van der Waals surface area contributed by atoms with Crippen LogP contribution in [0.4, 0.5) is 5.69 Å². The summed E-state index contributed by atoms with van der Waals surface area (Å²) in [6.45, 7) is 5.54. The van der Waals surface area contributed by atoms with Gasteiger partial charge in [-0.15, -0.1) is 11.3 Å². The van der Waals surface area contributed by atoms with Crippen LogP contribution < -0.4 is 10.6 Å². The molecule has 1 fully saturated rings. The summed E-state index contributed by atoms with van der Waals surface area (Å²) in [5.74, 6) is 0.255. The van der Waals surface area contributed by atoms with Crippen LogP contribution in [-0.2, 0) is 16.1 Å². The van der Waals surface area contributed by atoms with E-state index < -0.39 is 0 Å². The van der Waals surface area contributed by atoms with Crippen molar-refractivity contribution in [3.63, 3.8) is 0 Å². The Kier molecular flexibility index (Phi) is 7.41. The normalized spacial score (nSPS) is 16.6. The molecule has 200 valence electrons. The number of benzene rings is 2. The summed E-state index contributed by atoms with van der Waals surface area (Å²) in [4.78, 5) is 17.1. The molecule has 2 aromatic carbocycles. The molecule has 2 aliphatic rings. The topological polar surface area (TPSA) is 79.4 Å². The molecule has 2 aliphatic heterocycles. The van der Waals surface area contributed by atoms with Crippen LogP contribution in [0.1, 0.15) is 35.4 Å². The fraction of sp³-hybridized carbons (Fsp3) is 0.323. The molecular weight excluding hydrogens is 506 g/mol. The molecule has 0 unspecified atom stereocenters. The first-order valence-corrected chi connectivity index (χ1v) is 14.3. The fourth-order valence-corrected chi connectivity index (χ4v) is 6.35. The number of amides is 1. The van der Waals surface area contributed by atoms with Gasteiger partial charge in [-0.25, -0.2) is 0 Å². The Hall–Kier alpha value is -3.59. The zero-order valence-corrected chi connectivity index (χ0v) is 23.1. The highest BCUT2D eigenvalue weighted by atomic mass is 32.1. The van der Waals surface area contributed by atoms with Gasteiger partial charge < -0.3 is 20.3 Å². The number of carbonyl (C=O) groups excluding carboxylic acids is 1. The minimum absolute atomic E-state index is 0.0392. The molecule has 6 rings (SSSR count). The highest BCUT2D eigenvalue weighted by Gasteiger charge is 2.31. The molecule has 0 bridgehead atoms. The average Bonchev–Trinajstić information content (AvgIpc) is 3.43. The van der Waals surface area contributed by atoms with E-state index in [-0.39, 0.29) is 17.9 Å². The van der Waals surface area contributed by atoms with E-state index in [1.165, 1.54) is 32.0 Å². The zero-order chi connectivity index (χ0) is 26.8. The highest BCUT2D eigenvalue weighted by molar-refractivity contribution is 7.15. The molecule has 4 aromatic rings. The van der Waals surface area contributed by atoms with Gasteiger partial charge in [-0.3, -0.25) is 4.79 Å². The molecule has 2 aromatic heterocycles. The van der Waals surface area contributed by atoms with Crippen LogP contribution >= 0.6 is 11.3 Å². The molecule has 7 nitrogen and oxygen atoms in total. The lowest BCUT2D eigenvalue weighted by Gasteiger charge is -2.33. The summed E-state index contributed by atoms with van der Waals surface area (Å²) >= 11 is 1.82. The summed E-state index contributed by atoms with van der Waals surface area (Å²) in [7, 11) is 1.98. The summed E-state index contributed by atoms with van der Waals surface area (Å²) in [5.41, 5.74) is 6.85. The van der Waals surface area contributed by atoms with E-state index in [0.717, 1.165) is 36.1 Å². The lowest BCUT2D eigenvalue weighted by Crippen LogP contribution is -2.46. The van der Waals surface area contributed by atoms with Gasteiger partial charge in [0.15, 0.2) is 0 Å². The van der Waals surface area contributed by atoms with E-state index in [1.807, 2.05) is 35.5 Å². The number of thiophene rings is 1. The van der Waals surface area contributed by atoms with Crippen molar-refractivity contribution < 1.29 is 9.53 Å². The minimum Gasteiger partial charge on any atom is -0.380 e. The Labute approximate surface area is 232 Å². The summed E-state index contributed by atoms with van der Waals surface area (Å²) in [6.07, 6.45) is 4.84. The van der Waals surface area contributed by atoms with Gasteiger partial charge >= 0.3 is 0 Å². The van der Waals surface area contributed by atoms with Gasteiger partial charge in [0.25, 0.3) is 0 Å². The Morgan fingerprint density at radius 1 is 1.18 bits per heavy atom. The Morgan fingerprint density at radius 3 is 2.82 bits per heavy atom. The minimum atomic E-state index is 0.0392. The van der Waals surface area contributed by atoms with Gasteiger partial charge in [0.1, 0.15) is 0 Å². The van der Waals surface area contributed by atoms with Crippen molar-refractivity contribution in [2.24, 2.45) is 5.92 Å². The van der Waals surface area contributed by atoms with Crippen molar-refractivity contribution in [2.75, 3.05) is 38.7 Å². The molecule has 4 heterocycles. The van der Waals surface area contributed by atoms with Crippen molar-refractivity contribution in [1.82, 2.24) is 20.4 Å². The lowest BCUT2D eigenvalue weighted by atomic mass is 9.96. The smallest absolute Gasteiger partial charge is 0.230 e. The molecule has 2 N–H and O–H groups in total. The molecule has 39 heavy (non-hydrogen) atoms. The Morgan fingerprint density at radius 2 is 2.05 bits per heavy atom. The largest absolute Gasteiger partial charge is 0.380 e. The van der Waals surface area contributed by atoms with Crippen molar-refractivity contribution in [2.45, 2.75) is 25.9 Å². The number of nitrogens with one attached hydrogen (secondary N) is 2. The molecule has 1 atom stereocenters. The second-order valence-corrected chi connectivity index (χ2v) is 11.4. The van der Waals surface area contributed by atoms with Gasteiger partial charge in [0, 0.05) is 34.8 Å². The fourth-order valence-electron chi connectivity index (χ4n) is 5.28. The molecular formula is C31H33N5O2S. The number of carbonyl (C=O) groups is 1. The van der Waals surface area contributed by atoms with Crippen molar-refractivity contribution in [3.8, 4) is 10.4 Å². The number of fused-ring (bicyclic) bond motifs is 1. The maximum atomic E-state index is 12.6. The van der Waals surface area contributed by atoms with Crippen LogP contribution in [0.25, 0.3) is 26.9 Å². The first-order valence-electron chi connectivity index (χ1n) is 13.5.